The SMILES string of the molecule is CCCC(CC)OP(=O)(OC(CC)CCC)OP(=O)(OC(CC)CCC)OC(CC)CCC. The molecule has 7 nitrogen and oxygen atoms in total. The lowest BCUT2D eigenvalue weighted by atomic mass is 10.2. The average molecular weight is 515 g/mol. The Kier molecular flexibility index (Phi) is 18.7. The summed E-state index contributed by atoms with van der Waals surface area (Å²) in [6.45, 7) is 16.0. The second kappa shape index (κ2) is 18.5. The van der Waals surface area contributed by atoms with E-state index in [1.54, 1.807) is 0 Å². The summed E-state index contributed by atoms with van der Waals surface area (Å²) in [5.41, 5.74) is 0. The van der Waals surface area contributed by atoms with Gasteiger partial charge in [-0.1, -0.05) is 81.1 Å². The normalized spacial score (nSPS) is 19.4. The molecule has 0 radical (unpaired) electrons. The van der Waals surface area contributed by atoms with E-state index in [0.29, 0.717) is 51.4 Å². The van der Waals surface area contributed by atoms with Crippen LogP contribution in [0.15, 0.2) is 0 Å². The van der Waals surface area contributed by atoms with Gasteiger partial charge in [0.2, 0.25) is 0 Å². The Morgan fingerprint density at radius 3 is 0.818 bits per heavy atom. The molecule has 0 aliphatic carbocycles. The summed E-state index contributed by atoms with van der Waals surface area (Å²) < 4.78 is 57.4. The van der Waals surface area contributed by atoms with Gasteiger partial charge in [0, 0.05) is 0 Å². The van der Waals surface area contributed by atoms with Crippen LogP contribution >= 0.6 is 15.6 Å². The first kappa shape index (κ1) is 33.3. The summed E-state index contributed by atoms with van der Waals surface area (Å²) in [5.74, 6) is 0. The summed E-state index contributed by atoms with van der Waals surface area (Å²) in [6.07, 6.45) is 7.48. The maximum Gasteiger partial charge on any atom is 0.484 e. The fourth-order valence-electron chi connectivity index (χ4n) is 3.59. The van der Waals surface area contributed by atoms with E-state index in [9.17, 15) is 9.13 Å². The standard InChI is InChI=1S/C24H52O7P2/c1-9-17-21(13-5)27-32(25,28-22(14-6)18-10-2)31-33(26,29-23(15-7)19-11-3)30-24(16-8)20-12-4/h21-24H,9-20H2,1-8H3. The number of hydrogen-bond acceptors (Lipinski definition) is 7. The molecule has 0 saturated carbocycles. The number of hydrogen-bond donors (Lipinski definition) is 0. The molecule has 0 rings (SSSR count). The van der Waals surface area contributed by atoms with Crippen LogP contribution in [0, 0.1) is 0 Å². The first-order chi connectivity index (χ1) is 15.7. The van der Waals surface area contributed by atoms with Crippen LogP contribution in [-0.4, -0.2) is 24.4 Å². The third-order valence-corrected chi connectivity index (χ3v) is 9.40. The third kappa shape index (κ3) is 13.8. The molecule has 33 heavy (non-hydrogen) atoms. The predicted octanol–water partition coefficient (Wildman–Crippen LogP) is 9.60. The molecule has 4 atom stereocenters. The van der Waals surface area contributed by atoms with Crippen LogP contribution in [0.3, 0.4) is 0 Å². The van der Waals surface area contributed by atoms with Gasteiger partial charge in [0.25, 0.3) is 0 Å². The highest BCUT2D eigenvalue weighted by Gasteiger charge is 2.45. The van der Waals surface area contributed by atoms with E-state index in [2.05, 4.69) is 0 Å². The molecule has 0 aliphatic rings. The largest absolute Gasteiger partial charge is 0.484 e. The zero-order valence-electron chi connectivity index (χ0n) is 22.5. The van der Waals surface area contributed by atoms with Gasteiger partial charge in [-0.15, -0.1) is 0 Å². The third-order valence-electron chi connectivity index (χ3n) is 5.58. The van der Waals surface area contributed by atoms with Gasteiger partial charge in [-0.2, -0.15) is 4.31 Å². The van der Waals surface area contributed by atoms with Crippen molar-refractivity contribution in [2.45, 2.75) is 157 Å². The van der Waals surface area contributed by atoms with Gasteiger partial charge in [0.05, 0.1) is 24.4 Å². The van der Waals surface area contributed by atoms with Crippen molar-refractivity contribution in [1.29, 1.82) is 0 Å². The van der Waals surface area contributed by atoms with Crippen molar-refractivity contribution in [3.05, 3.63) is 0 Å². The van der Waals surface area contributed by atoms with E-state index in [1.165, 1.54) is 0 Å². The minimum atomic E-state index is -4.23. The van der Waals surface area contributed by atoms with Crippen LogP contribution < -0.4 is 0 Å². The monoisotopic (exact) mass is 514 g/mol. The molecule has 0 N–H and O–H groups in total. The summed E-state index contributed by atoms with van der Waals surface area (Å²) in [4.78, 5) is 0. The van der Waals surface area contributed by atoms with Gasteiger partial charge in [0.1, 0.15) is 0 Å². The number of rotatable bonds is 22. The molecule has 0 saturated heterocycles. The Balaban J connectivity index is 6.10. The lowest BCUT2D eigenvalue weighted by Gasteiger charge is -2.31. The van der Waals surface area contributed by atoms with Crippen molar-refractivity contribution in [2.75, 3.05) is 0 Å². The maximum absolute atomic E-state index is 14.0. The van der Waals surface area contributed by atoms with E-state index >= 15 is 0 Å². The zero-order valence-corrected chi connectivity index (χ0v) is 24.3. The Bertz CT molecular complexity index is 485. The van der Waals surface area contributed by atoms with Crippen molar-refractivity contribution in [1.82, 2.24) is 0 Å². The molecular formula is C24H52O7P2. The molecule has 0 spiro atoms. The van der Waals surface area contributed by atoms with Crippen molar-refractivity contribution in [2.24, 2.45) is 0 Å². The highest BCUT2D eigenvalue weighted by molar-refractivity contribution is 7.62. The van der Waals surface area contributed by atoms with Crippen molar-refractivity contribution < 1.29 is 31.5 Å². The lowest BCUT2D eigenvalue weighted by Crippen LogP contribution is -2.20. The molecular weight excluding hydrogens is 462 g/mol. The topological polar surface area (TPSA) is 80.3 Å². The van der Waals surface area contributed by atoms with Crippen LogP contribution in [0.5, 0.6) is 0 Å². The van der Waals surface area contributed by atoms with Gasteiger partial charge in [-0.25, -0.2) is 9.13 Å². The van der Waals surface area contributed by atoms with Crippen LogP contribution in [0.1, 0.15) is 132 Å². The average Bonchev–Trinajstić information content (AvgIpc) is 2.77. The minimum Gasteiger partial charge on any atom is -0.283 e. The first-order valence-electron chi connectivity index (χ1n) is 13.3. The molecule has 0 amide bonds. The second-order valence-corrected chi connectivity index (χ2v) is 12.0. The van der Waals surface area contributed by atoms with Crippen molar-refractivity contribution in [3.63, 3.8) is 0 Å². The van der Waals surface area contributed by atoms with Gasteiger partial charge < -0.3 is 0 Å². The van der Waals surface area contributed by atoms with Crippen molar-refractivity contribution >= 4 is 15.6 Å². The van der Waals surface area contributed by atoms with E-state index in [-0.39, 0.29) is 24.4 Å². The van der Waals surface area contributed by atoms with E-state index in [4.69, 9.17) is 22.4 Å². The van der Waals surface area contributed by atoms with Gasteiger partial charge in [-0.05, 0) is 51.4 Å². The van der Waals surface area contributed by atoms with Crippen LogP contribution in [0.2, 0.25) is 0 Å². The molecule has 200 valence electrons. The lowest BCUT2D eigenvalue weighted by molar-refractivity contribution is 0.0327. The Hall–Kier alpha value is 0.260. The minimum absolute atomic E-state index is 0.330. The molecule has 4 unspecified atom stereocenters. The summed E-state index contributed by atoms with van der Waals surface area (Å²) in [6, 6.07) is 0. The molecule has 0 aromatic heterocycles. The molecule has 0 aromatic rings. The van der Waals surface area contributed by atoms with Crippen LogP contribution in [-0.2, 0) is 31.5 Å². The second-order valence-electron chi connectivity index (χ2n) is 8.67. The highest BCUT2D eigenvalue weighted by Crippen LogP contribution is 2.68. The van der Waals surface area contributed by atoms with E-state index in [0.717, 1.165) is 25.7 Å². The van der Waals surface area contributed by atoms with Gasteiger partial charge in [0.15, 0.2) is 0 Å². The molecule has 0 aliphatic heterocycles. The molecule has 0 heterocycles. The molecule has 0 bridgehead atoms. The van der Waals surface area contributed by atoms with E-state index < -0.39 is 15.6 Å². The van der Waals surface area contributed by atoms with Gasteiger partial charge in [-0.3, -0.25) is 18.1 Å². The summed E-state index contributed by atoms with van der Waals surface area (Å²) in [5, 5.41) is 0. The van der Waals surface area contributed by atoms with Gasteiger partial charge >= 0.3 is 15.6 Å². The molecule has 0 fully saturated rings. The predicted molar refractivity (Wildman–Crippen MR) is 137 cm³/mol. The number of phosphoric ester groups is 2. The molecule has 9 heteroatoms. The maximum atomic E-state index is 14.0. The fraction of sp³-hybridized carbons (Fsp3) is 1.00. The van der Waals surface area contributed by atoms with Crippen molar-refractivity contribution in [3.8, 4) is 0 Å². The van der Waals surface area contributed by atoms with Crippen LogP contribution in [0.4, 0.5) is 0 Å². The van der Waals surface area contributed by atoms with E-state index in [1.807, 2.05) is 55.4 Å². The summed E-state index contributed by atoms with van der Waals surface area (Å²) >= 11 is 0. The Labute approximate surface area is 204 Å². The number of phosphoric acid groups is 2. The zero-order chi connectivity index (χ0) is 25.3. The quantitative estimate of drug-likeness (QED) is 0.133. The molecule has 0 aromatic carbocycles. The fourth-order valence-corrected chi connectivity index (χ4v) is 7.77. The Morgan fingerprint density at radius 2 is 0.667 bits per heavy atom. The Morgan fingerprint density at radius 1 is 0.455 bits per heavy atom. The van der Waals surface area contributed by atoms with Crippen LogP contribution in [0.25, 0.3) is 0 Å². The first-order valence-corrected chi connectivity index (χ1v) is 16.2. The summed E-state index contributed by atoms with van der Waals surface area (Å²) in [7, 11) is -8.46. The highest BCUT2D eigenvalue weighted by atomic mass is 31.3. The smallest absolute Gasteiger partial charge is 0.283 e.